The van der Waals surface area contributed by atoms with Crippen LogP contribution in [0.4, 0.5) is 0 Å². The zero-order valence-electron chi connectivity index (χ0n) is 14.5. The van der Waals surface area contributed by atoms with Crippen molar-refractivity contribution in [3.63, 3.8) is 0 Å². The number of rotatable bonds is 4. The number of amides is 2. The van der Waals surface area contributed by atoms with Gasteiger partial charge in [-0.1, -0.05) is 0 Å². The zero-order valence-corrected chi connectivity index (χ0v) is 14.5. The minimum Gasteiger partial charge on any atom is -0.340 e. The molecule has 1 spiro atoms. The highest BCUT2D eigenvalue weighted by Gasteiger charge is 2.58. The summed E-state index contributed by atoms with van der Waals surface area (Å²) in [6.45, 7) is 5.69. The number of carbonyl (C=O) groups is 2. The minimum absolute atomic E-state index is 0.189. The lowest BCUT2D eigenvalue weighted by Gasteiger charge is -2.26. The van der Waals surface area contributed by atoms with Gasteiger partial charge in [-0.3, -0.25) is 9.59 Å². The van der Waals surface area contributed by atoms with Crippen LogP contribution in [0.3, 0.4) is 0 Å². The molecule has 0 bridgehead atoms. The van der Waals surface area contributed by atoms with Crippen molar-refractivity contribution < 1.29 is 9.59 Å². The Labute approximate surface area is 139 Å². The number of nitrogens with zero attached hydrogens (tertiary/aromatic N) is 3. The second-order valence-corrected chi connectivity index (χ2v) is 7.63. The van der Waals surface area contributed by atoms with Crippen LogP contribution in [0.1, 0.15) is 25.7 Å². The van der Waals surface area contributed by atoms with E-state index in [1.807, 2.05) is 23.9 Å². The average molecular weight is 322 g/mol. The second-order valence-electron chi connectivity index (χ2n) is 7.63. The molecular formula is C17H30N4O2. The summed E-state index contributed by atoms with van der Waals surface area (Å²) >= 11 is 0. The largest absolute Gasteiger partial charge is 0.340 e. The van der Waals surface area contributed by atoms with E-state index in [1.54, 1.807) is 0 Å². The summed E-state index contributed by atoms with van der Waals surface area (Å²) in [6, 6.07) is 0. The summed E-state index contributed by atoms with van der Waals surface area (Å²) in [5, 5.41) is 3.38. The van der Waals surface area contributed by atoms with Crippen molar-refractivity contribution in [2.75, 3.05) is 59.9 Å². The van der Waals surface area contributed by atoms with E-state index in [-0.39, 0.29) is 17.2 Å². The molecule has 3 fully saturated rings. The van der Waals surface area contributed by atoms with Crippen molar-refractivity contribution in [2.24, 2.45) is 11.3 Å². The molecular weight excluding hydrogens is 292 g/mol. The Kier molecular flexibility index (Phi) is 4.92. The number of hydrogen-bond donors (Lipinski definition) is 1. The van der Waals surface area contributed by atoms with Crippen molar-refractivity contribution in [3.05, 3.63) is 0 Å². The van der Waals surface area contributed by atoms with Crippen LogP contribution in [0.15, 0.2) is 0 Å². The van der Waals surface area contributed by atoms with Gasteiger partial charge in [0.2, 0.25) is 11.8 Å². The van der Waals surface area contributed by atoms with Crippen molar-refractivity contribution in [3.8, 4) is 0 Å². The number of likely N-dealkylation sites (N-methyl/N-ethyl adjacent to an activating group) is 1. The van der Waals surface area contributed by atoms with Crippen molar-refractivity contribution in [2.45, 2.75) is 25.7 Å². The molecule has 1 N–H and O–H groups in total. The Morgan fingerprint density at radius 2 is 2.00 bits per heavy atom. The van der Waals surface area contributed by atoms with Crippen molar-refractivity contribution in [1.82, 2.24) is 20.0 Å². The third kappa shape index (κ3) is 3.69. The van der Waals surface area contributed by atoms with Crippen molar-refractivity contribution >= 4 is 11.8 Å². The highest BCUT2D eigenvalue weighted by atomic mass is 16.2. The average Bonchev–Trinajstić information content (AvgIpc) is 3.25. The molecule has 1 atom stereocenters. The fourth-order valence-electron chi connectivity index (χ4n) is 4.04. The lowest BCUT2D eigenvalue weighted by atomic mass is 9.91. The van der Waals surface area contributed by atoms with Crippen LogP contribution >= 0.6 is 0 Å². The molecule has 130 valence electrons. The van der Waals surface area contributed by atoms with Gasteiger partial charge in [0.05, 0.1) is 0 Å². The molecule has 3 aliphatic rings. The van der Waals surface area contributed by atoms with Gasteiger partial charge in [0, 0.05) is 45.1 Å². The third-order valence-corrected chi connectivity index (χ3v) is 5.80. The van der Waals surface area contributed by atoms with E-state index in [0.29, 0.717) is 32.0 Å². The number of hydrogen-bond acceptors (Lipinski definition) is 4. The minimum atomic E-state index is 0.189. The molecule has 2 aliphatic heterocycles. The summed E-state index contributed by atoms with van der Waals surface area (Å²) in [5.41, 5.74) is 0.281. The predicted octanol–water partition coefficient (Wildman–Crippen LogP) is -0.00140. The van der Waals surface area contributed by atoms with Gasteiger partial charge in [0.1, 0.15) is 0 Å². The normalized spacial score (nSPS) is 27.4. The van der Waals surface area contributed by atoms with Crippen LogP contribution in [0, 0.1) is 11.3 Å². The zero-order chi connectivity index (χ0) is 16.4. The maximum absolute atomic E-state index is 12.8. The first-order chi connectivity index (χ1) is 11.0. The molecule has 23 heavy (non-hydrogen) atoms. The smallest absolute Gasteiger partial charge is 0.226 e. The lowest BCUT2D eigenvalue weighted by Crippen LogP contribution is -2.40. The molecule has 6 heteroatoms. The van der Waals surface area contributed by atoms with Gasteiger partial charge in [0.15, 0.2) is 0 Å². The first-order valence-electron chi connectivity index (χ1n) is 8.94. The topological polar surface area (TPSA) is 55.9 Å². The first-order valence-corrected chi connectivity index (χ1v) is 8.94. The molecule has 2 saturated heterocycles. The third-order valence-electron chi connectivity index (χ3n) is 5.80. The molecule has 0 unspecified atom stereocenters. The van der Waals surface area contributed by atoms with Gasteiger partial charge in [-0.05, 0) is 51.9 Å². The van der Waals surface area contributed by atoms with Gasteiger partial charge in [-0.2, -0.15) is 0 Å². The molecule has 0 aromatic carbocycles. The Bertz CT molecular complexity index is 460. The first kappa shape index (κ1) is 16.7. The highest BCUT2D eigenvalue weighted by molar-refractivity contribution is 5.84. The molecule has 1 aliphatic carbocycles. The number of carbonyl (C=O) groups excluding carboxylic acids is 2. The standard InChI is InChI=1S/C17H30N4O2/c1-19(2)9-10-20-11-12-21(8-3-15(20)22)16(23)14-13-17(14)4-6-18-7-5-17/h14,18H,3-13H2,1-2H3/t14-/m0/s1. The highest BCUT2D eigenvalue weighted by Crippen LogP contribution is 2.59. The van der Waals surface area contributed by atoms with Crippen LogP contribution < -0.4 is 5.32 Å². The Morgan fingerprint density at radius 1 is 1.26 bits per heavy atom. The van der Waals surface area contributed by atoms with E-state index in [9.17, 15) is 9.59 Å². The lowest BCUT2D eigenvalue weighted by molar-refractivity contribution is -0.133. The van der Waals surface area contributed by atoms with Crippen molar-refractivity contribution in [1.29, 1.82) is 0 Å². The van der Waals surface area contributed by atoms with Crippen LogP contribution in [-0.2, 0) is 9.59 Å². The summed E-state index contributed by atoms with van der Waals surface area (Å²) in [5.74, 6) is 0.705. The van der Waals surface area contributed by atoms with Crippen LogP contribution in [0.2, 0.25) is 0 Å². The molecule has 0 radical (unpaired) electrons. The van der Waals surface area contributed by atoms with E-state index in [1.165, 1.54) is 0 Å². The molecule has 2 amide bonds. The quantitative estimate of drug-likeness (QED) is 0.791. The van der Waals surface area contributed by atoms with Crippen LogP contribution in [0.25, 0.3) is 0 Å². The fraction of sp³-hybridized carbons (Fsp3) is 0.882. The summed E-state index contributed by atoms with van der Waals surface area (Å²) < 4.78 is 0. The van der Waals surface area contributed by atoms with E-state index >= 15 is 0 Å². The van der Waals surface area contributed by atoms with Gasteiger partial charge < -0.3 is 20.0 Å². The maximum atomic E-state index is 12.8. The van der Waals surface area contributed by atoms with Crippen LogP contribution in [-0.4, -0.2) is 86.4 Å². The summed E-state index contributed by atoms with van der Waals surface area (Å²) in [6.07, 6.45) is 3.79. The summed E-state index contributed by atoms with van der Waals surface area (Å²) in [4.78, 5) is 31.0. The molecule has 2 heterocycles. The van der Waals surface area contributed by atoms with Gasteiger partial charge >= 0.3 is 0 Å². The Hall–Kier alpha value is -1.14. The molecule has 0 aromatic rings. The van der Waals surface area contributed by atoms with E-state index in [4.69, 9.17) is 0 Å². The van der Waals surface area contributed by atoms with Gasteiger partial charge in [-0.15, -0.1) is 0 Å². The molecule has 3 rings (SSSR count). The Balaban J connectivity index is 1.53. The maximum Gasteiger partial charge on any atom is 0.226 e. The van der Waals surface area contributed by atoms with Gasteiger partial charge in [-0.25, -0.2) is 0 Å². The molecule has 6 nitrogen and oxygen atoms in total. The van der Waals surface area contributed by atoms with E-state index < -0.39 is 0 Å². The summed E-state index contributed by atoms with van der Waals surface area (Å²) in [7, 11) is 4.04. The number of nitrogens with one attached hydrogen (secondary N) is 1. The predicted molar refractivity (Wildman–Crippen MR) is 89.0 cm³/mol. The number of piperidine rings is 1. The second kappa shape index (κ2) is 6.77. The Morgan fingerprint density at radius 3 is 2.70 bits per heavy atom. The molecule has 0 aromatic heterocycles. The van der Waals surface area contributed by atoms with Gasteiger partial charge in [0.25, 0.3) is 0 Å². The van der Waals surface area contributed by atoms with E-state index in [2.05, 4.69) is 10.2 Å². The SMILES string of the molecule is CN(C)CCN1CCN(C(=O)[C@@H]2CC23CCNCC3)CCC1=O. The monoisotopic (exact) mass is 322 g/mol. The van der Waals surface area contributed by atoms with E-state index in [0.717, 1.165) is 45.4 Å². The fourth-order valence-corrected chi connectivity index (χ4v) is 4.04. The molecule has 1 saturated carbocycles. The van der Waals surface area contributed by atoms with Crippen LogP contribution in [0.5, 0.6) is 0 Å².